The van der Waals surface area contributed by atoms with Gasteiger partial charge in [0.25, 0.3) is 5.91 Å². The van der Waals surface area contributed by atoms with Crippen molar-refractivity contribution in [1.82, 2.24) is 0 Å². The van der Waals surface area contributed by atoms with Crippen LogP contribution in [-0.4, -0.2) is 22.8 Å². The van der Waals surface area contributed by atoms with Crippen molar-refractivity contribution in [3.05, 3.63) is 28.7 Å². The molecule has 1 aliphatic heterocycles. The minimum atomic E-state index is -0.384. The van der Waals surface area contributed by atoms with E-state index in [0.717, 1.165) is 11.8 Å². The lowest BCUT2D eigenvalue weighted by Crippen LogP contribution is -2.01. The number of aliphatic imine (C=N–C) groups is 1. The van der Waals surface area contributed by atoms with Crippen molar-refractivity contribution in [3.8, 4) is 11.5 Å². The maximum absolute atomic E-state index is 11.4. The molecule has 0 bridgehead atoms. The summed E-state index contributed by atoms with van der Waals surface area (Å²) in [7, 11) is 0. The Bertz CT molecular complexity index is 552. The number of rotatable bonds is 3. The van der Waals surface area contributed by atoms with Crippen LogP contribution in [0.4, 0.5) is 0 Å². The number of phenols is 1. The van der Waals surface area contributed by atoms with Crippen LogP contribution in [0.1, 0.15) is 12.5 Å². The van der Waals surface area contributed by atoms with Crippen molar-refractivity contribution < 1.29 is 14.6 Å². The van der Waals surface area contributed by atoms with Crippen LogP contribution in [0.25, 0.3) is 6.08 Å². The SMILES string of the molecule is CCOc1ccc(/C=C2/SC(N)=NC2=O)c(O)c1. The Morgan fingerprint density at radius 2 is 2.33 bits per heavy atom. The fourth-order valence-electron chi connectivity index (χ4n) is 1.47. The molecule has 1 aliphatic rings. The Kier molecular flexibility index (Phi) is 3.57. The number of aromatic hydroxyl groups is 1. The van der Waals surface area contributed by atoms with Gasteiger partial charge in [0.15, 0.2) is 5.17 Å². The van der Waals surface area contributed by atoms with E-state index in [2.05, 4.69) is 4.99 Å². The summed E-state index contributed by atoms with van der Waals surface area (Å²) in [4.78, 5) is 15.4. The lowest BCUT2D eigenvalue weighted by molar-refractivity contribution is -0.113. The van der Waals surface area contributed by atoms with Crippen LogP contribution in [0.5, 0.6) is 11.5 Å². The van der Waals surface area contributed by atoms with Crippen LogP contribution < -0.4 is 10.5 Å². The van der Waals surface area contributed by atoms with Crippen molar-refractivity contribution >= 4 is 28.9 Å². The molecule has 1 aromatic rings. The quantitative estimate of drug-likeness (QED) is 0.812. The standard InChI is InChI=1S/C12H12N2O3S/c1-2-17-8-4-3-7(9(15)6-8)5-10-11(16)14-12(13)18-10/h3-6,15H,2H2,1H3,(H2,13,14,16)/b10-5+. The molecular weight excluding hydrogens is 252 g/mol. The topological polar surface area (TPSA) is 84.9 Å². The molecular formula is C12H12N2O3S. The highest BCUT2D eigenvalue weighted by Gasteiger charge is 2.19. The van der Waals surface area contributed by atoms with Crippen molar-refractivity contribution in [3.63, 3.8) is 0 Å². The number of amides is 1. The Labute approximate surface area is 108 Å². The summed E-state index contributed by atoms with van der Waals surface area (Å²) in [5.41, 5.74) is 5.97. The van der Waals surface area contributed by atoms with Crippen molar-refractivity contribution in [2.24, 2.45) is 10.7 Å². The molecule has 5 nitrogen and oxygen atoms in total. The van der Waals surface area contributed by atoms with Gasteiger partial charge in [0, 0.05) is 11.6 Å². The van der Waals surface area contributed by atoms with Gasteiger partial charge in [-0.2, -0.15) is 4.99 Å². The number of carbonyl (C=O) groups is 1. The normalized spacial score (nSPS) is 17.1. The molecule has 2 rings (SSSR count). The third-order valence-corrected chi connectivity index (χ3v) is 3.05. The number of nitrogens with zero attached hydrogens (tertiary/aromatic N) is 1. The van der Waals surface area contributed by atoms with E-state index in [1.54, 1.807) is 18.2 Å². The van der Waals surface area contributed by atoms with E-state index in [0.29, 0.717) is 22.8 Å². The monoisotopic (exact) mass is 264 g/mol. The van der Waals surface area contributed by atoms with Crippen LogP contribution >= 0.6 is 11.8 Å². The number of ether oxygens (including phenoxy) is 1. The van der Waals surface area contributed by atoms with E-state index >= 15 is 0 Å². The average molecular weight is 264 g/mol. The summed E-state index contributed by atoms with van der Waals surface area (Å²) < 4.78 is 5.25. The van der Waals surface area contributed by atoms with Crippen LogP contribution in [0.3, 0.4) is 0 Å². The molecule has 18 heavy (non-hydrogen) atoms. The van der Waals surface area contributed by atoms with Crippen LogP contribution in [0, 0.1) is 0 Å². The Balaban J connectivity index is 2.25. The number of hydrogen-bond acceptors (Lipinski definition) is 5. The molecule has 3 N–H and O–H groups in total. The summed E-state index contributed by atoms with van der Waals surface area (Å²) in [5, 5.41) is 10.0. The van der Waals surface area contributed by atoms with Crippen molar-refractivity contribution in [2.45, 2.75) is 6.92 Å². The van der Waals surface area contributed by atoms with E-state index in [-0.39, 0.29) is 16.8 Å². The molecule has 0 atom stereocenters. The van der Waals surface area contributed by atoms with Gasteiger partial charge in [-0.15, -0.1) is 0 Å². The number of phenolic OH excluding ortho intramolecular Hbond substituents is 1. The minimum Gasteiger partial charge on any atom is -0.507 e. The largest absolute Gasteiger partial charge is 0.507 e. The summed E-state index contributed by atoms with van der Waals surface area (Å²) in [6.07, 6.45) is 1.56. The van der Waals surface area contributed by atoms with Gasteiger partial charge in [-0.1, -0.05) is 0 Å². The first-order valence-electron chi connectivity index (χ1n) is 5.34. The second-order valence-corrected chi connectivity index (χ2v) is 4.58. The second-order valence-electron chi connectivity index (χ2n) is 3.52. The minimum absolute atomic E-state index is 0.0484. The number of amidine groups is 1. The summed E-state index contributed by atoms with van der Waals surface area (Å²) in [5.74, 6) is 0.247. The number of thioether (sulfide) groups is 1. The van der Waals surface area contributed by atoms with E-state index in [9.17, 15) is 9.90 Å². The van der Waals surface area contributed by atoms with Gasteiger partial charge in [-0.05, 0) is 36.9 Å². The number of benzene rings is 1. The molecule has 6 heteroatoms. The molecule has 0 radical (unpaired) electrons. The molecule has 0 saturated heterocycles. The van der Waals surface area contributed by atoms with Gasteiger partial charge in [-0.25, -0.2) is 0 Å². The summed E-state index contributed by atoms with van der Waals surface area (Å²) >= 11 is 1.09. The third-order valence-electron chi connectivity index (χ3n) is 2.24. The molecule has 0 aromatic heterocycles. The van der Waals surface area contributed by atoms with Crippen molar-refractivity contribution in [1.29, 1.82) is 0 Å². The lowest BCUT2D eigenvalue weighted by atomic mass is 10.1. The average Bonchev–Trinajstić information content (AvgIpc) is 2.62. The first-order valence-corrected chi connectivity index (χ1v) is 6.15. The van der Waals surface area contributed by atoms with Gasteiger partial charge in [0.05, 0.1) is 11.5 Å². The predicted octanol–water partition coefficient (Wildman–Crippen LogP) is 1.72. The number of nitrogens with two attached hydrogens (primary N) is 1. The second kappa shape index (κ2) is 5.14. The molecule has 1 amide bonds. The molecule has 94 valence electrons. The first-order chi connectivity index (χ1) is 8.60. The third kappa shape index (κ3) is 2.65. The van der Waals surface area contributed by atoms with Crippen LogP contribution in [0.2, 0.25) is 0 Å². The lowest BCUT2D eigenvalue weighted by Gasteiger charge is -2.05. The van der Waals surface area contributed by atoms with Gasteiger partial charge >= 0.3 is 0 Å². The fourth-order valence-corrected chi connectivity index (χ4v) is 2.14. The van der Waals surface area contributed by atoms with Gasteiger partial charge < -0.3 is 15.6 Å². The van der Waals surface area contributed by atoms with Crippen molar-refractivity contribution in [2.75, 3.05) is 6.61 Å². The molecule has 0 aliphatic carbocycles. The summed E-state index contributed by atoms with van der Waals surface area (Å²) in [6, 6.07) is 4.91. The number of carbonyl (C=O) groups excluding carboxylic acids is 1. The Hall–Kier alpha value is -1.95. The fraction of sp³-hybridized carbons (Fsp3) is 0.167. The summed E-state index contributed by atoms with van der Waals surface area (Å²) in [6.45, 7) is 2.39. The van der Waals surface area contributed by atoms with E-state index in [1.807, 2.05) is 6.92 Å². The van der Waals surface area contributed by atoms with Crippen LogP contribution in [-0.2, 0) is 4.79 Å². The molecule has 0 fully saturated rings. The van der Waals surface area contributed by atoms with E-state index in [1.165, 1.54) is 6.07 Å². The maximum Gasteiger partial charge on any atom is 0.286 e. The Morgan fingerprint density at radius 3 is 2.89 bits per heavy atom. The molecule has 0 saturated carbocycles. The number of hydrogen-bond donors (Lipinski definition) is 2. The smallest absolute Gasteiger partial charge is 0.286 e. The van der Waals surface area contributed by atoms with E-state index < -0.39 is 0 Å². The zero-order valence-corrected chi connectivity index (χ0v) is 10.5. The van der Waals surface area contributed by atoms with Gasteiger partial charge in [0.2, 0.25) is 0 Å². The molecule has 0 spiro atoms. The zero-order chi connectivity index (χ0) is 13.1. The molecule has 0 unspecified atom stereocenters. The molecule has 1 heterocycles. The first kappa shape index (κ1) is 12.5. The Morgan fingerprint density at radius 1 is 1.56 bits per heavy atom. The van der Waals surface area contributed by atoms with Gasteiger partial charge in [-0.3, -0.25) is 4.79 Å². The molecule has 1 aromatic carbocycles. The highest BCUT2D eigenvalue weighted by Crippen LogP contribution is 2.31. The van der Waals surface area contributed by atoms with Gasteiger partial charge in [0.1, 0.15) is 11.5 Å². The zero-order valence-electron chi connectivity index (χ0n) is 9.71. The van der Waals surface area contributed by atoms with E-state index in [4.69, 9.17) is 10.5 Å². The van der Waals surface area contributed by atoms with Crippen LogP contribution in [0.15, 0.2) is 28.1 Å². The predicted molar refractivity (Wildman–Crippen MR) is 71.5 cm³/mol. The highest BCUT2D eigenvalue weighted by molar-refractivity contribution is 8.18. The maximum atomic E-state index is 11.4. The highest BCUT2D eigenvalue weighted by atomic mass is 32.2.